The van der Waals surface area contributed by atoms with Crippen molar-refractivity contribution < 1.29 is 40.2 Å². The number of rotatable bonds is 18. The maximum atomic E-state index is 15.2. The summed E-state index contributed by atoms with van der Waals surface area (Å²) in [5.41, 5.74) is 0.773. The average Bonchev–Trinajstić information content (AvgIpc) is 3.25. The Labute approximate surface area is 348 Å². The van der Waals surface area contributed by atoms with Crippen molar-refractivity contribution in [1.82, 2.24) is 0 Å². The highest BCUT2D eigenvalue weighted by Gasteiger charge is 2.38. The van der Waals surface area contributed by atoms with Gasteiger partial charge in [-0.2, -0.15) is 22.0 Å². The van der Waals surface area contributed by atoms with E-state index in [0.29, 0.717) is 46.6 Å². The van der Waals surface area contributed by atoms with Crippen molar-refractivity contribution in [3.63, 3.8) is 0 Å². The van der Waals surface area contributed by atoms with Crippen molar-refractivity contribution >= 4 is 0 Å². The fourth-order valence-electron chi connectivity index (χ4n) is 11.3. The predicted octanol–water partition coefficient (Wildman–Crippen LogP) is 15.8. The number of unbranched alkanes of at least 4 members (excludes halogenated alkanes) is 2. The van der Waals surface area contributed by atoms with Crippen molar-refractivity contribution in [3.05, 3.63) is 84.0 Å². The van der Waals surface area contributed by atoms with Gasteiger partial charge in [0.1, 0.15) is 0 Å². The molecule has 0 spiro atoms. The molecule has 0 amide bonds. The van der Waals surface area contributed by atoms with Gasteiger partial charge in [0.2, 0.25) is 11.6 Å². The Morgan fingerprint density at radius 1 is 0.492 bits per heavy atom. The van der Waals surface area contributed by atoms with Crippen molar-refractivity contribution in [3.8, 4) is 11.5 Å². The second-order valence-corrected chi connectivity index (χ2v) is 18.5. The van der Waals surface area contributed by atoms with E-state index in [2.05, 4.69) is 25.3 Å². The molecule has 0 radical (unpaired) electrons. The summed E-state index contributed by atoms with van der Waals surface area (Å²) in [6, 6.07) is 6.13. The first-order chi connectivity index (χ1) is 28.5. The van der Waals surface area contributed by atoms with E-state index in [1.165, 1.54) is 63.5 Å². The highest BCUT2D eigenvalue weighted by atomic mass is 19.4. The van der Waals surface area contributed by atoms with E-state index in [9.17, 15) is 13.2 Å². The normalized spacial score (nSPS) is 28.5. The topological polar surface area (TPSA) is 18.5 Å². The van der Waals surface area contributed by atoms with Crippen LogP contribution in [0, 0.1) is 64.7 Å². The lowest BCUT2D eigenvalue weighted by atomic mass is 9.68. The lowest BCUT2D eigenvalue weighted by molar-refractivity contribution is -0.178. The average molecular weight is 833 g/mol. The third kappa shape index (κ3) is 12.1. The van der Waals surface area contributed by atoms with Crippen LogP contribution in [0.3, 0.4) is 0 Å². The van der Waals surface area contributed by atoms with Crippen molar-refractivity contribution in [2.75, 3.05) is 13.2 Å². The monoisotopic (exact) mass is 833 g/mol. The third-order valence-corrected chi connectivity index (χ3v) is 15.1. The number of benzene rings is 2. The Balaban J connectivity index is 0.869. The van der Waals surface area contributed by atoms with Crippen LogP contribution in [-0.4, -0.2) is 19.4 Å². The van der Waals surface area contributed by atoms with Crippen LogP contribution in [0.15, 0.2) is 49.6 Å². The van der Waals surface area contributed by atoms with Gasteiger partial charge in [-0.25, -0.2) is 8.78 Å². The smallest absolute Gasteiger partial charge is 0.391 e. The van der Waals surface area contributed by atoms with Gasteiger partial charge in [-0.1, -0.05) is 24.3 Å². The summed E-state index contributed by atoms with van der Waals surface area (Å²) < 4.78 is 113. The number of hydrogen-bond donors (Lipinski definition) is 0. The highest BCUT2D eigenvalue weighted by molar-refractivity contribution is 5.34. The van der Waals surface area contributed by atoms with Crippen LogP contribution in [-0.2, 0) is 0 Å². The molecule has 4 aliphatic carbocycles. The molecule has 2 aromatic carbocycles. The molecular formula is C50H67F7O2. The van der Waals surface area contributed by atoms with E-state index in [0.717, 1.165) is 51.4 Å². The predicted molar refractivity (Wildman–Crippen MR) is 222 cm³/mol. The zero-order valence-corrected chi connectivity index (χ0v) is 35.0. The molecule has 6 rings (SSSR count). The van der Waals surface area contributed by atoms with E-state index in [1.54, 1.807) is 12.1 Å². The molecule has 0 N–H and O–H groups in total. The quantitative estimate of drug-likeness (QED) is 0.0846. The first-order valence-electron chi connectivity index (χ1n) is 23.0. The van der Waals surface area contributed by atoms with Gasteiger partial charge in [0.15, 0.2) is 23.1 Å². The Bertz CT molecular complexity index is 1510. The zero-order chi connectivity index (χ0) is 41.9. The minimum absolute atomic E-state index is 0.0211. The second kappa shape index (κ2) is 21.7. The van der Waals surface area contributed by atoms with Crippen molar-refractivity contribution in [2.24, 2.45) is 41.4 Å². The lowest BCUT2D eigenvalue weighted by Gasteiger charge is -2.37. The Kier molecular flexibility index (Phi) is 16.8. The molecule has 4 saturated carbocycles. The highest BCUT2D eigenvalue weighted by Crippen LogP contribution is 2.47. The number of ether oxygens (including phenoxy) is 2. The summed E-state index contributed by atoms with van der Waals surface area (Å²) in [7, 11) is 0. The first kappa shape index (κ1) is 45.6. The van der Waals surface area contributed by atoms with E-state index in [1.807, 2.05) is 0 Å². The molecule has 0 unspecified atom stereocenters. The van der Waals surface area contributed by atoms with Crippen LogP contribution >= 0.6 is 0 Å². The molecule has 9 heteroatoms. The molecule has 0 heterocycles. The Morgan fingerprint density at radius 2 is 0.831 bits per heavy atom. The summed E-state index contributed by atoms with van der Waals surface area (Å²) >= 11 is 0. The van der Waals surface area contributed by atoms with Crippen LogP contribution in [0.1, 0.15) is 164 Å². The van der Waals surface area contributed by atoms with E-state index in [-0.39, 0.29) is 75.1 Å². The minimum atomic E-state index is -4.40. The molecule has 0 atom stereocenters. The summed E-state index contributed by atoms with van der Waals surface area (Å²) in [5.74, 6) is -1.90. The van der Waals surface area contributed by atoms with Gasteiger partial charge >= 0.3 is 6.18 Å². The van der Waals surface area contributed by atoms with Crippen LogP contribution in [0.5, 0.6) is 11.5 Å². The van der Waals surface area contributed by atoms with Crippen molar-refractivity contribution in [1.29, 1.82) is 0 Å². The second-order valence-electron chi connectivity index (χ2n) is 18.5. The van der Waals surface area contributed by atoms with Gasteiger partial charge in [-0.3, -0.25) is 0 Å². The summed E-state index contributed by atoms with van der Waals surface area (Å²) in [6.07, 6.45) is 17.5. The standard InChI is InChI=1S/C50H67F7O2/c1-3-33-11-15-35(16-12-33)37-19-23-39(24-20-37)42-27-29-44(48(53)46(42)51)58-31-7-5-9-41(50(55,56)57)10-6-8-32-59-45-30-28-43(47(52)49(45)54)40-25-21-38(22-26-40)36-17-13-34(4-2)14-18-36/h3-4,27-30,33-41H,1-2,5-26,31-32H2. The van der Waals surface area contributed by atoms with Gasteiger partial charge < -0.3 is 9.47 Å². The Morgan fingerprint density at radius 3 is 1.15 bits per heavy atom. The molecule has 4 aliphatic rings. The SMILES string of the molecule is C=CC1CCC(C2CCC(c3ccc(OCCCCC(CCCCOc4ccc(C5CCC(C6CCC(C=C)CC6)CC5)c(F)c4F)C(F)(F)F)c(F)c3F)CC2)CC1. The van der Waals surface area contributed by atoms with Crippen molar-refractivity contribution in [2.45, 2.75) is 159 Å². The van der Waals surface area contributed by atoms with Crippen LogP contribution in [0.2, 0.25) is 0 Å². The fourth-order valence-corrected chi connectivity index (χ4v) is 11.3. The first-order valence-corrected chi connectivity index (χ1v) is 23.0. The summed E-state index contributed by atoms with van der Waals surface area (Å²) in [6.45, 7) is 7.83. The Hall–Kier alpha value is -2.97. The van der Waals surface area contributed by atoms with E-state index in [4.69, 9.17) is 9.47 Å². The van der Waals surface area contributed by atoms with Gasteiger partial charge in [0, 0.05) is 0 Å². The number of allylic oxidation sites excluding steroid dienone is 2. The number of alkyl halides is 3. The van der Waals surface area contributed by atoms with Crippen LogP contribution in [0.4, 0.5) is 30.7 Å². The molecule has 2 aromatic rings. The zero-order valence-electron chi connectivity index (χ0n) is 35.0. The van der Waals surface area contributed by atoms with Crippen LogP contribution in [0.25, 0.3) is 0 Å². The van der Waals surface area contributed by atoms with E-state index < -0.39 is 35.4 Å². The number of halogens is 7. The third-order valence-electron chi connectivity index (χ3n) is 15.1. The van der Waals surface area contributed by atoms with Crippen LogP contribution < -0.4 is 9.47 Å². The largest absolute Gasteiger partial charge is 0.490 e. The molecule has 59 heavy (non-hydrogen) atoms. The molecule has 0 saturated heterocycles. The summed E-state index contributed by atoms with van der Waals surface area (Å²) in [5, 5.41) is 0. The number of hydrogen-bond acceptors (Lipinski definition) is 2. The molecule has 4 fully saturated rings. The van der Waals surface area contributed by atoms with Gasteiger partial charge in [-0.05, 0) is 212 Å². The maximum Gasteiger partial charge on any atom is 0.391 e. The molecule has 0 aromatic heterocycles. The lowest BCUT2D eigenvalue weighted by Crippen LogP contribution is -2.25. The fraction of sp³-hybridized carbons (Fsp3) is 0.680. The van der Waals surface area contributed by atoms with Gasteiger partial charge in [0.25, 0.3) is 0 Å². The molecule has 0 aliphatic heterocycles. The minimum Gasteiger partial charge on any atom is -0.490 e. The molecular weight excluding hydrogens is 766 g/mol. The molecule has 0 bridgehead atoms. The van der Waals surface area contributed by atoms with Gasteiger partial charge in [-0.15, -0.1) is 13.2 Å². The van der Waals surface area contributed by atoms with E-state index >= 15 is 17.6 Å². The van der Waals surface area contributed by atoms with Gasteiger partial charge in [0.05, 0.1) is 19.1 Å². The summed E-state index contributed by atoms with van der Waals surface area (Å²) in [4.78, 5) is 0. The molecule has 2 nitrogen and oxygen atoms in total. The maximum absolute atomic E-state index is 15.2. The molecule has 328 valence electrons.